The van der Waals surface area contributed by atoms with E-state index in [9.17, 15) is 36.2 Å². The first-order valence-electron chi connectivity index (χ1n) is 7.80. The maximum Gasteiger partial charge on any atom is 0.426 e. The van der Waals surface area contributed by atoms with Gasteiger partial charge in [0.2, 0.25) is 0 Å². The number of ether oxygens (including phenoxy) is 1. The molecule has 0 unspecified atom stereocenters. The number of rotatable bonds is 8. The smallest absolute Gasteiger partial charge is 0.426 e. The minimum atomic E-state index is -5.82. The van der Waals surface area contributed by atoms with Crippen molar-refractivity contribution >= 4 is 5.97 Å². The Bertz CT molecular complexity index is 438. The standard InChI is InChI=1S/C16H26F6O3/c1-12(2,7-6-11(23)25-5)8-9-13(3,4)10-14(24,15(17,18)19)16(20,21)22/h24H,6-10H2,1-5H3. The lowest BCUT2D eigenvalue weighted by Gasteiger charge is -2.39. The van der Waals surface area contributed by atoms with E-state index in [1.807, 2.05) is 0 Å². The van der Waals surface area contributed by atoms with Crippen molar-refractivity contribution in [1.29, 1.82) is 0 Å². The third kappa shape index (κ3) is 7.03. The van der Waals surface area contributed by atoms with Crippen molar-refractivity contribution in [3.63, 3.8) is 0 Å². The van der Waals surface area contributed by atoms with E-state index in [0.717, 1.165) is 0 Å². The monoisotopic (exact) mass is 380 g/mol. The van der Waals surface area contributed by atoms with Gasteiger partial charge in [-0.15, -0.1) is 0 Å². The third-order valence-electron chi connectivity index (χ3n) is 4.38. The van der Waals surface area contributed by atoms with Crippen molar-refractivity contribution in [3.05, 3.63) is 0 Å². The van der Waals surface area contributed by atoms with Gasteiger partial charge in [-0.2, -0.15) is 26.3 Å². The topological polar surface area (TPSA) is 46.5 Å². The molecular weight excluding hydrogens is 354 g/mol. The first-order valence-corrected chi connectivity index (χ1v) is 7.80. The van der Waals surface area contributed by atoms with Gasteiger partial charge in [0.1, 0.15) is 0 Å². The summed E-state index contributed by atoms with van der Waals surface area (Å²) in [4.78, 5) is 11.2. The van der Waals surface area contributed by atoms with Gasteiger partial charge < -0.3 is 9.84 Å². The number of carbonyl (C=O) groups is 1. The molecule has 0 bridgehead atoms. The van der Waals surface area contributed by atoms with Crippen molar-refractivity contribution in [3.8, 4) is 0 Å². The minimum Gasteiger partial charge on any atom is -0.469 e. The van der Waals surface area contributed by atoms with Crippen LogP contribution in [-0.4, -0.2) is 36.1 Å². The number of hydrogen-bond donors (Lipinski definition) is 1. The highest BCUT2D eigenvalue weighted by molar-refractivity contribution is 5.69. The Morgan fingerprint density at radius 3 is 1.60 bits per heavy atom. The Labute approximate surface area is 143 Å². The third-order valence-corrected chi connectivity index (χ3v) is 4.38. The van der Waals surface area contributed by atoms with Crippen LogP contribution in [0.25, 0.3) is 0 Å². The maximum atomic E-state index is 12.8. The Balaban J connectivity index is 5.05. The molecule has 0 fully saturated rings. The van der Waals surface area contributed by atoms with E-state index in [4.69, 9.17) is 0 Å². The van der Waals surface area contributed by atoms with E-state index in [1.54, 1.807) is 13.8 Å². The molecule has 3 nitrogen and oxygen atoms in total. The van der Waals surface area contributed by atoms with Crippen LogP contribution in [0.5, 0.6) is 0 Å². The first-order chi connectivity index (χ1) is 10.9. The molecule has 1 N–H and O–H groups in total. The van der Waals surface area contributed by atoms with Gasteiger partial charge in [-0.05, 0) is 36.5 Å². The second-order valence-corrected chi connectivity index (χ2v) is 7.94. The normalized spacial score (nSPS) is 14.6. The fourth-order valence-corrected chi connectivity index (χ4v) is 2.49. The van der Waals surface area contributed by atoms with Crippen LogP contribution in [0.4, 0.5) is 26.3 Å². The highest BCUT2D eigenvalue weighted by Crippen LogP contribution is 2.50. The molecule has 0 heterocycles. The number of carbonyl (C=O) groups excluding carboxylic acids is 1. The van der Waals surface area contributed by atoms with E-state index in [0.29, 0.717) is 12.8 Å². The van der Waals surface area contributed by atoms with E-state index >= 15 is 0 Å². The predicted molar refractivity (Wildman–Crippen MR) is 79.7 cm³/mol. The minimum absolute atomic E-state index is 0.0235. The van der Waals surface area contributed by atoms with E-state index < -0.39 is 41.2 Å². The fourth-order valence-electron chi connectivity index (χ4n) is 2.49. The molecule has 0 aliphatic heterocycles. The van der Waals surface area contributed by atoms with Crippen LogP contribution in [0.15, 0.2) is 0 Å². The molecule has 9 heteroatoms. The highest BCUT2D eigenvalue weighted by Gasteiger charge is 2.71. The zero-order chi connectivity index (χ0) is 20.3. The molecule has 0 aliphatic carbocycles. The van der Waals surface area contributed by atoms with Crippen molar-refractivity contribution in [1.82, 2.24) is 0 Å². The molecule has 0 rings (SSSR count). The fraction of sp³-hybridized carbons (Fsp3) is 0.938. The second kappa shape index (κ2) is 7.72. The van der Waals surface area contributed by atoms with Crippen LogP contribution in [0.2, 0.25) is 0 Å². The molecule has 0 aromatic carbocycles. The summed E-state index contributed by atoms with van der Waals surface area (Å²) in [5, 5.41) is 9.35. The number of esters is 1. The molecule has 0 aliphatic rings. The number of aliphatic hydroxyl groups is 1. The van der Waals surface area contributed by atoms with Crippen LogP contribution in [0, 0.1) is 10.8 Å². The Kier molecular flexibility index (Phi) is 7.41. The molecule has 0 aromatic heterocycles. The van der Waals surface area contributed by atoms with Crippen molar-refractivity contribution in [2.45, 2.75) is 77.8 Å². The molecule has 0 radical (unpaired) electrons. The van der Waals surface area contributed by atoms with Gasteiger partial charge in [0, 0.05) is 6.42 Å². The predicted octanol–water partition coefficient (Wildman–Crippen LogP) is 5.02. The molecule has 0 saturated heterocycles. The van der Waals surface area contributed by atoms with Gasteiger partial charge >= 0.3 is 18.3 Å². The zero-order valence-electron chi connectivity index (χ0n) is 15.1. The average Bonchev–Trinajstić information content (AvgIpc) is 2.40. The number of methoxy groups -OCH3 is 1. The lowest BCUT2D eigenvalue weighted by molar-refractivity contribution is -0.375. The number of halogens is 6. The molecule has 25 heavy (non-hydrogen) atoms. The van der Waals surface area contributed by atoms with Gasteiger partial charge in [0.25, 0.3) is 5.60 Å². The van der Waals surface area contributed by atoms with Gasteiger partial charge in [0.05, 0.1) is 7.11 Å². The molecule has 0 spiro atoms. The Hall–Kier alpha value is -0.990. The van der Waals surface area contributed by atoms with Crippen LogP contribution >= 0.6 is 0 Å². The van der Waals surface area contributed by atoms with E-state index in [1.165, 1.54) is 21.0 Å². The SMILES string of the molecule is COC(=O)CCC(C)(C)CCC(C)(C)CC(O)(C(F)(F)F)C(F)(F)F. The summed E-state index contributed by atoms with van der Waals surface area (Å²) in [5.74, 6) is -0.434. The van der Waals surface area contributed by atoms with Gasteiger partial charge in [-0.1, -0.05) is 27.7 Å². The summed E-state index contributed by atoms with van der Waals surface area (Å²) >= 11 is 0. The Morgan fingerprint density at radius 1 is 0.840 bits per heavy atom. The van der Waals surface area contributed by atoms with Gasteiger partial charge in [-0.25, -0.2) is 0 Å². The quantitative estimate of drug-likeness (QED) is 0.475. The zero-order valence-corrected chi connectivity index (χ0v) is 15.1. The van der Waals surface area contributed by atoms with Gasteiger partial charge in [-0.3, -0.25) is 4.79 Å². The lowest BCUT2D eigenvalue weighted by atomic mass is 9.72. The molecule has 0 aromatic rings. The van der Waals surface area contributed by atoms with Crippen molar-refractivity contribution in [2.75, 3.05) is 7.11 Å². The number of hydrogen-bond acceptors (Lipinski definition) is 3. The summed E-state index contributed by atoms with van der Waals surface area (Å²) in [6, 6.07) is 0. The van der Waals surface area contributed by atoms with Crippen LogP contribution < -0.4 is 0 Å². The summed E-state index contributed by atoms with van der Waals surface area (Å²) < 4.78 is 81.5. The second-order valence-electron chi connectivity index (χ2n) is 7.94. The van der Waals surface area contributed by atoms with Crippen molar-refractivity contribution < 1.29 is 41.0 Å². The van der Waals surface area contributed by atoms with E-state index in [2.05, 4.69) is 4.74 Å². The molecule has 0 saturated carbocycles. The van der Waals surface area contributed by atoms with Crippen LogP contribution in [-0.2, 0) is 9.53 Å². The molecule has 0 atom stereocenters. The lowest BCUT2D eigenvalue weighted by Crippen LogP contribution is -2.58. The van der Waals surface area contributed by atoms with Gasteiger partial charge in [0.15, 0.2) is 0 Å². The van der Waals surface area contributed by atoms with Crippen LogP contribution in [0.1, 0.15) is 59.8 Å². The summed E-state index contributed by atoms with van der Waals surface area (Å²) in [5.41, 5.74) is -6.64. The highest BCUT2D eigenvalue weighted by atomic mass is 19.4. The van der Waals surface area contributed by atoms with Crippen LogP contribution in [0.3, 0.4) is 0 Å². The molecule has 0 amide bonds. The summed E-state index contributed by atoms with van der Waals surface area (Å²) in [6.45, 7) is 6.05. The average molecular weight is 380 g/mol. The van der Waals surface area contributed by atoms with Crippen molar-refractivity contribution in [2.24, 2.45) is 10.8 Å². The first kappa shape index (κ1) is 24.0. The summed E-state index contributed by atoms with van der Waals surface area (Å²) in [7, 11) is 1.23. The molecule has 150 valence electrons. The molecular formula is C16H26F6O3. The van der Waals surface area contributed by atoms with E-state index in [-0.39, 0.29) is 12.8 Å². The summed E-state index contributed by atoms with van der Waals surface area (Å²) in [6.07, 6.45) is -12.3. The number of alkyl halides is 6. The maximum absolute atomic E-state index is 12.8. The largest absolute Gasteiger partial charge is 0.469 e. The Morgan fingerprint density at radius 2 is 1.24 bits per heavy atom.